The minimum Gasteiger partial charge on any atom is -0.492 e. The first-order valence-corrected chi connectivity index (χ1v) is 9.53. The Morgan fingerprint density at radius 2 is 2.13 bits per heavy atom. The predicted octanol–water partition coefficient (Wildman–Crippen LogP) is 2.17. The van der Waals surface area contributed by atoms with Crippen LogP contribution in [-0.2, 0) is 0 Å². The van der Waals surface area contributed by atoms with Crippen LogP contribution in [0.4, 0.5) is 0 Å². The zero-order valence-electron chi connectivity index (χ0n) is 16.6. The number of hydrazone groups is 1. The summed E-state index contributed by atoms with van der Waals surface area (Å²) in [5.41, 5.74) is 3.59. The molecule has 1 amide bonds. The normalized spacial score (nSPS) is 11.1. The van der Waals surface area contributed by atoms with Crippen LogP contribution in [-0.4, -0.2) is 43.7 Å². The molecule has 2 heterocycles. The maximum atomic E-state index is 12.6. The number of rotatable bonds is 7. The van der Waals surface area contributed by atoms with Gasteiger partial charge in [-0.15, -0.1) is 10.2 Å². The third kappa shape index (κ3) is 4.90. The number of aromatic amines is 1. The van der Waals surface area contributed by atoms with Crippen LogP contribution in [0.15, 0.2) is 34.2 Å². The molecule has 0 bridgehead atoms. The van der Waals surface area contributed by atoms with Gasteiger partial charge in [0, 0.05) is 0 Å². The molecule has 0 aliphatic heterocycles. The monoisotopic (exact) mass is 429 g/mol. The van der Waals surface area contributed by atoms with E-state index in [2.05, 4.69) is 30.8 Å². The van der Waals surface area contributed by atoms with Crippen LogP contribution in [0.2, 0.25) is 5.02 Å². The largest absolute Gasteiger partial charge is 0.492 e. The summed E-state index contributed by atoms with van der Waals surface area (Å²) in [7, 11) is 0. The molecule has 10 nitrogen and oxygen atoms in total. The number of carbonyl (C=O) groups excluding carboxylic acids is 1. The van der Waals surface area contributed by atoms with Crippen molar-refractivity contribution in [1.82, 2.24) is 30.4 Å². The van der Waals surface area contributed by atoms with Crippen LogP contribution < -0.4 is 15.7 Å². The fraction of sp³-hybridized carbons (Fsp3) is 0.263. The van der Waals surface area contributed by atoms with E-state index in [9.17, 15) is 9.59 Å². The second-order valence-corrected chi connectivity index (χ2v) is 6.79. The summed E-state index contributed by atoms with van der Waals surface area (Å²) in [6, 6.07) is 6.74. The zero-order valence-corrected chi connectivity index (χ0v) is 17.4. The molecule has 3 rings (SSSR count). The zero-order chi connectivity index (χ0) is 21.7. The molecule has 156 valence electrons. The van der Waals surface area contributed by atoms with E-state index in [1.54, 1.807) is 31.2 Å². The summed E-state index contributed by atoms with van der Waals surface area (Å²) in [5, 5.41) is 16.2. The van der Waals surface area contributed by atoms with E-state index in [4.69, 9.17) is 16.3 Å². The lowest BCUT2D eigenvalue weighted by atomic mass is 10.2. The van der Waals surface area contributed by atoms with E-state index in [0.29, 0.717) is 28.6 Å². The van der Waals surface area contributed by atoms with E-state index in [-0.39, 0.29) is 17.3 Å². The van der Waals surface area contributed by atoms with E-state index >= 15 is 0 Å². The summed E-state index contributed by atoms with van der Waals surface area (Å²) in [6.07, 6.45) is 2.33. The number of hydrogen-bond donors (Lipinski definition) is 2. The van der Waals surface area contributed by atoms with Crippen molar-refractivity contribution in [2.45, 2.75) is 27.2 Å². The van der Waals surface area contributed by atoms with Crippen LogP contribution in [0.3, 0.4) is 0 Å². The lowest BCUT2D eigenvalue weighted by Crippen LogP contribution is -2.24. The van der Waals surface area contributed by atoms with Gasteiger partial charge in [0.2, 0.25) is 0 Å². The Bertz CT molecular complexity index is 1150. The van der Waals surface area contributed by atoms with Crippen molar-refractivity contribution in [3.63, 3.8) is 0 Å². The lowest BCUT2D eigenvalue weighted by molar-refractivity contribution is 0.0947. The highest BCUT2D eigenvalue weighted by Gasteiger charge is 2.17. The van der Waals surface area contributed by atoms with E-state index < -0.39 is 11.5 Å². The van der Waals surface area contributed by atoms with Gasteiger partial charge in [-0.25, -0.2) is 5.43 Å². The van der Waals surface area contributed by atoms with Gasteiger partial charge in [-0.05, 0) is 50.1 Å². The van der Waals surface area contributed by atoms with Crippen molar-refractivity contribution in [3.05, 3.63) is 62.3 Å². The van der Waals surface area contributed by atoms with Crippen molar-refractivity contribution in [3.8, 4) is 11.7 Å². The number of nitrogens with zero attached hydrogens (tertiary/aromatic N) is 5. The fourth-order valence-corrected chi connectivity index (χ4v) is 2.70. The van der Waals surface area contributed by atoms with E-state index in [1.807, 2.05) is 6.92 Å². The topological polar surface area (TPSA) is 127 Å². The number of aromatic nitrogens is 5. The van der Waals surface area contributed by atoms with E-state index in [1.165, 1.54) is 17.8 Å². The molecule has 30 heavy (non-hydrogen) atoms. The van der Waals surface area contributed by atoms with Gasteiger partial charge >= 0.3 is 0 Å². The van der Waals surface area contributed by atoms with Gasteiger partial charge in [0.25, 0.3) is 17.4 Å². The molecule has 11 heteroatoms. The molecule has 0 fully saturated rings. The van der Waals surface area contributed by atoms with Gasteiger partial charge < -0.3 is 4.74 Å². The Labute approximate surface area is 176 Å². The summed E-state index contributed by atoms with van der Waals surface area (Å²) in [5.74, 6) is 0.0821. The molecule has 2 N–H and O–H groups in total. The van der Waals surface area contributed by atoms with Crippen molar-refractivity contribution in [1.29, 1.82) is 0 Å². The number of carbonyl (C=O) groups is 1. The first-order valence-electron chi connectivity index (χ1n) is 9.15. The summed E-state index contributed by atoms with van der Waals surface area (Å²) in [4.78, 5) is 26.9. The van der Waals surface area contributed by atoms with Gasteiger partial charge in [-0.2, -0.15) is 14.9 Å². The fourth-order valence-electron chi connectivity index (χ4n) is 2.45. The van der Waals surface area contributed by atoms with Gasteiger partial charge in [-0.1, -0.05) is 18.5 Å². The number of benzene rings is 1. The number of ether oxygens (including phenoxy) is 1. The Kier molecular flexibility index (Phi) is 6.58. The summed E-state index contributed by atoms with van der Waals surface area (Å²) in [6.45, 7) is 5.82. The molecule has 1 aromatic carbocycles. The Balaban J connectivity index is 1.75. The van der Waals surface area contributed by atoms with Crippen molar-refractivity contribution in [2.75, 3.05) is 6.61 Å². The molecule has 2 aromatic heterocycles. The molecule has 0 saturated heterocycles. The summed E-state index contributed by atoms with van der Waals surface area (Å²) >= 11 is 6.19. The third-order valence-corrected chi connectivity index (χ3v) is 4.21. The summed E-state index contributed by atoms with van der Waals surface area (Å²) < 4.78 is 6.72. The van der Waals surface area contributed by atoms with Gasteiger partial charge in [0.1, 0.15) is 17.1 Å². The molecule has 3 aromatic rings. The van der Waals surface area contributed by atoms with Gasteiger partial charge in [-0.3, -0.25) is 14.6 Å². The van der Waals surface area contributed by atoms with Crippen LogP contribution in [0.1, 0.15) is 40.8 Å². The first kappa shape index (κ1) is 21.2. The Hall–Kier alpha value is -3.53. The first-order chi connectivity index (χ1) is 14.4. The predicted molar refractivity (Wildman–Crippen MR) is 112 cm³/mol. The van der Waals surface area contributed by atoms with Gasteiger partial charge in [0.05, 0.1) is 23.5 Å². The molecule has 0 radical (unpaired) electrons. The van der Waals surface area contributed by atoms with Crippen molar-refractivity contribution in [2.24, 2.45) is 5.10 Å². The van der Waals surface area contributed by atoms with Crippen LogP contribution >= 0.6 is 11.6 Å². The molecule has 0 aliphatic carbocycles. The molecule has 0 unspecified atom stereocenters. The second-order valence-electron chi connectivity index (χ2n) is 6.38. The minimum absolute atomic E-state index is 0.0299. The molecular weight excluding hydrogens is 410 g/mol. The minimum atomic E-state index is -0.538. The quantitative estimate of drug-likeness (QED) is 0.437. The number of halogens is 1. The van der Waals surface area contributed by atoms with Gasteiger partial charge in [0.15, 0.2) is 0 Å². The number of nitrogens with one attached hydrogen (secondary N) is 2. The van der Waals surface area contributed by atoms with E-state index in [0.717, 1.165) is 6.42 Å². The highest BCUT2D eigenvalue weighted by molar-refractivity contribution is 6.32. The average Bonchev–Trinajstić information content (AvgIpc) is 3.11. The molecule has 0 atom stereocenters. The maximum absolute atomic E-state index is 12.6. The third-order valence-electron chi connectivity index (χ3n) is 3.91. The van der Waals surface area contributed by atoms with Crippen LogP contribution in [0, 0.1) is 13.8 Å². The average molecular weight is 430 g/mol. The lowest BCUT2D eigenvalue weighted by Gasteiger charge is -2.07. The smallest absolute Gasteiger partial charge is 0.290 e. The molecular formula is C19H20ClN7O3. The van der Waals surface area contributed by atoms with Crippen molar-refractivity contribution < 1.29 is 9.53 Å². The number of amides is 1. The number of H-pyrrole nitrogens is 1. The SMILES string of the molecule is CCCOc1ccc(/C=N\NC(=O)c2cc(C)nn2-c2nnc(C)c(=O)[nH]2)cc1Cl. The standard InChI is InChI=1S/C19H20ClN7O3/c1-4-7-30-16-6-5-13(9-14(16)20)10-21-24-18(29)15-8-11(2)26-27(15)19-22-17(28)12(3)23-25-19/h5-6,8-10H,4,7H2,1-3H3,(H,24,29)(H,22,25,28)/b21-10-. The highest BCUT2D eigenvalue weighted by atomic mass is 35.5. The molecule has 0 aliphatic rings. The number of hydrogen-bond acceptors (Lipinski definition) is 7. The Morgan fingerprint density at radius 1 is 1.33 bits per heavy atom. The molecule has 0 spiro atoms. The van der Waals surface area contributed by atoms with Crippen LogP contribution in [0.25, 0.3) is 5.95 Å². The maximum Gasteiger partial charge on any atom is 0.290 e. The highest BCUT2D eigenvalue weighted by Crippen LogP contribution is 2.25. The van der Waals surface area contributed by atoms with Crippen molar-refractivity contribution >= 4 is 23.7 Å². The molecule has 0 saturated carbocycles. The second kappa shape index (κ2) is 9.31. The Morgan fingerprint density at radius 3 is 2.83 bits per heavy atom. The number of aryl methyl sites for hydroxylation is 2. The van der Waals surface area contributed by atoms with Crippen LogP contribution in [0.5, 0.6) is 5.75 Å².